The van der Waals surface area contributed by atoms with Crippen molar-refractivity contribution >= 4 is 11.7 Å². The molecule has 160 valence electrons. The Balaban J connectivity index is 1.25. The summed E-state index contributed by atoms with van der Waals surface area (Å²) in [6.45, 7) is 0.860. The number of carbonyl (C=O) groups is 1. The number of nitrogens with zero attached hydrogens (tertiary/aromatic N) is 6. The Morgan fingerprint density at radius 1 is 1.16 bits per heavy atom. The van der Waals surface area contributed by atoms with Crippen molar-refractivity contribution in [1.82, 2.24) is 29.3 Å². The first-order valence-electron chi connectivity index (χ1n) is 10.7. The zero-order valence-electron chi connectivity index (χ0n) is 17.2. The third-order valence-electron chi connectivity index (χ3n) is 5.87. The van der Waals surface area contributed by atoms with Gasteiger partial charge in [-0.15, -0.1) is 10.2 Å². The van der Waals surface area contributed by atoms with Gasteiger partial charge < -0.3 is 14.5 Å². The van der Waals surface area contributed by atoms with Gasteiger partial charge >= 0.3 is 0 Å². The molecule has 32 heavy (non-hydrogen) atoms. The number of amides is 1. The van der Waals surface area contributed by atoms with Gasteiger partial charge in [0.25, 0.3) is 5.91 Å². The fourth-order valence-corrected chi connectivity index (χ4v) is 4.08. The Kier molecular flexibility index (Phi) is 4.34. The highest BCUT2D eigenvalue weighted by atomic mass is 19.1. The Labute approximate surface area is 183 Å². The minimum Gasteiger partial charge on any atom is -0.310 e. The minimum absolute atomic E-state index is 0.206. The lowest BCUT2D eigenvalue weighted by Gasteiger charge is -2.09. The van der Waals surface area contributed by atoms with Crippen molar-refractivity contribution in [2.24, 2.45) is 0 Å². The number of halogens is 1. The van der Waals surface area contributed by atoms with Gasteiger partial charge in [0.1, 0.15) is 23.2 Å². The van der Waals surface area contributed by atoms with Crippen molar-refractivity contribution in [1.29, 1.82) is 0 Å². The molecule has 0 bridgehead atoms. The Morgan fingerprint density at radius 2 is 2.06 bits per heavy atom. The molecule has 0 saturated heterocycles. The molecule has 1 aliphatic carbocycles. The molecule has 4 heterocycles. The number of pyridine rings is 1. The lowest BCUT2D eigenvalue weighted by atomic mass is 10.1. The number of benzene rings is 1. The van der Waals surface area contributed by atoms with Gasteiger partial charge in [0.05, 0.1) is 17.7 Å². The molecule has 0 atom stereocenters. The zero-order valence-corrected chi connectivity index (χ0v) is 17.2. The molecule has 4 aromatic rings. The first-order valence-corrected chi connectivity index (χ1v) is 10.7. The van der Waals surface area contributed by atoms with Crippen LogP contribution in [0.1, 0.15) is 47.1 Å². The molecule has 1 saturated carbocycles. The van der Waals surface area contributed by atoms with Crippen LogP contribution < -0.4 is 5.32 Å². The topological polar surface area (TPSA) is 90.5 Å². The number of imidazole rings is 1. The van der Waals surface area contributed by atoms with Crippen LogP contribution in [0.2, 0.25) is 0 Å². The summed E-state index contributed by atoms with van der Waals surface area (Å²) in [5.74, 6) is 1.57. The third-order valence-corrected chi connectivity index (χ3v) is 5.87. The van der Waals surface area contributed by atoms with Gasteiger partial charge in [0, 0.05) is 30.6 Å². The molecule has 0 radical (unpaired) electrons. The maximum Gasteiger partial charge on any atom is 0.256 e. The molecule has 6 rings (SSSR count). The molecular formula is C23H20FN7O. The van der Waals surface area contributed by atoms with Crippen molar-refractivity contribution in [2.45, 2.75) is 38.1 Å². The first kappa shape index (κ1) is 18.9. The van der Waals surface area contributed by atoms with Gasteiger partial charge in [0.2, 0.25) is 0 Å². The van der Waals surface area contributed by atoms with Crippen LogP contribution in [0.4, 0.5) is 10.2 Å². The van der Waals surface area contributed by atoms with Crippen molar-refractivity contribution in [3.63, 3.8) is 0 Å². The van der Waals surface area contributed by atoms with E-state index < -0.39 is 11.7 Å². The van der Waals surface area contributed by atoms with E-state index in [-0.39, 0.29) is 5.56 Å². The van der Waals surface area contributed by atoms with E-state index in [4.69, 9.17) is 0 Å². The first-order chi connectivity index (χ1) is 15.6. The summed E-state index contributed by atoms with van der Waals surface area (Å²) in [5.41, 5.74) is 2.39. The van der Waals surface area contributed by atoms with Crippen LogP contribution in [0.25, 0.3) is 17.2 Å². The van der Waals surface area contributed by atoms with Gasteiger partial charge in [-0.2, -0.15) is 0 Å². The molecule has 1 aromatic carbocycles. The molecule has 1 N–H and O–H groups in total. The van der Waals surface area contributed by atoms with E-state index >= 15 is 0 Å². The van der Waals surface area contributed by atoms with Crippen LogP contribution >= 0.6 is 0 Å². The molecule has 3 aromatic heterocycles. The quantitative estimate of drug-likeness (QED) is 0.522. The van der Waals surface area contributed by atoms with Gasteiger partial charge in [-0.25, -0.2) is 14.4 Å². The zero-order chi connectivity index (χ0) is 21.7. The average molecular weight is 429 g/mol. The number of aryl methyl sites for hydroxylation is 1. The maximum absolute atomic E-state index is 14.3. The van der Waals surface area contributed by atoms with Crippen LogP contribution in [0, 0.1) is 5.82 Å². The van der Waals surface area contributed by atoms with E-state index in [1.807, 2.05) is 16.8 Å². The van der Waals surface area contributed by atoms with Gasteiger partial charge in [-0.1, -0.05) is 6.07 Å². The number of rotatable bonds is 5. The average Bonchev–Trinajstić information content (AvgIpc) is 3.18. The molecule has 2 aliphatic rings. The van der Waals surface area contributed by atoms with Gasteiger partial charge in [-0.3, -0.25) is 4.79 Å². The molecule has 1 aliphatic heterocycles. The monoisotopic (exact) mass is 429 g/mol. The van der Waals surface area contributed by atoms with Crippen molar-refractivity contribution in [3.8, 4) is 17.2 Å². The summed E-state index contributed by atoms with van der Waals surface area (Å²) < 4.78 is 18.1. The smallest absolute Gasteiger partial charge is 0.256 e. The second-order valence-corrected chi connectivity index (χ2v) is 8.24. The second-order valence-electron chi connectivity index (χ2n) is 8.24. The SMILES string of the molecule is O=C(Nc1cccc(-c2nnc3n2CCC3)n1)c1cc(F)cc(-n2cnc(C3CC3)c2)c1. The second kappa shape index (κ2) is 7.37. The van der Waals surface area contributed by atoms with Crippen LogP contribution in [-0.2, 0) is 13.0 Å². The molecule has 8 nitrogen and oxygen atoms in total. The predicted molar refractivity (Wildman–Crippen MR) is 115 cm³/mol. The Morgan fingerprint density at radius 3 is 2.94 bits per heavy atom. The fraction of sp³-hybridized carbons (Fsp3) is 0.261. The molecular weight excluding hydrogens is 409 g/mol. The minimum atomic E-state index is -0.491. The summed E-state index contributed by atoms with van der Waals surface area (Å²) in [6, 6.07) is 9.58. The highest BCUT2D eigenvalue weighted by Gasteiger charge is 2.26. The highest BCUT2D eigenvalue weighted by Crippen LogP contribution is 2.39. The lowest BCUT2D eigenvalue weighted by molar-refractivity contribution is 0.102. The number of aromatic nitrogens is 6. The summed E-state index contributed by atoms with van der Waals surface area (Å²) >= 11 is 0. The lowest BCUT2D eigenvalue weighted by Crippen LogP contribution is -2.14. The molecule has 1 amide bonds. The van der Waals surface area contributed by atoms with E-state index in [0.29, 0.717) is 28.9 Å². The van der Waals surface area contributed by atoms with Crippen molar-refractivity contribution < 1.29 is 9.18 Å². The van der Waals surface area contributed by atoms with E-state index in [1.54, 1.807) is 29.1 Å². The number of fused-ring (bicyclic) bond motifs is 1. The van der Waals surface area contributed by atoms with E-state index in [9.17, 15) is 9.18 Å². The summed E-state index contributed by atoms with van der Waals surface area (Å²) in [7, 11) is 0. The standard InChI is InChI=1S/C23H20FN7O/c24-16-9-15(10-17(11-16)30-12-19(25-13-30)14-6-7-14)23(32)27-20-4-1-3-18(26-20)22-29-28-21-5-2-8-31(21)22/h1,3-4,9-14H,2,5-8H2,(H,26,27,32). The maximum atomic E-state index is 14.3. The molecule has 0 spiro atoms. The van der Waals surface area contributed by atoms with Crippen LogP contribution in [0.5, 0.6) is 0 Å². The highest BCUT2D eigenvalue weighted by molar-refractivity contribution is 6.04. The number of nitrogens with one attached hydrogen (secondary N) is 1. The van der Waals surface area contributed by atoms with Crippen LogP contribution in [0.15, 0.2) is 48.9 Å². The largest absolute Gasteiger partial charge is 0.310 e. The third kappa shape index (κ3) is 3.45. The Hall–Kier alpha value is -3.88. The normalized spacial score (nSPS) is 15.0. The number of carbonyl (C=O) groups excluding carboxylic acids is 1. The number of hydrogen-bond acceptors (Lipinski definition) is 5. The fourth-order valence-electron chi connectivity index (χ4n) is 4.08. The summed E-state index contributed by atoms with van der Waals surface area (Å²) in [4.78, 5) is 21.8. The van der Waals surface area contributed by atoms with Gasteiger partial charge in [-0.05, 0) is 49.6 Å². The Bertz CT molecular complexity index is 1340. The number of anilines is 1. The van der Waals surface area contributed by atoms with Crippen LogP contribution in [-0.4, -0.2) is 35.2 Å². The van der Waals surface area contributed by atoms with Crippen molar-refractivity contribution in [3.05, 3.63) is 71.8 Å². The summed E-state index contributed by atoms with van der Waals surface area (Å²) in [5, 5.41) is 11.2. The predicted octanol–water partition coefficient (Wildman–Crippen LogP) is 3.74. The van der Waals surface area contributed by atoms with Crippen molar-refractivity contribution in [2.75, 3.05) is 5.32 Å². The van der Waals surface area contributed by atoms with E-state index in [1.165, 1.54) is 12.1 Å². The van der Waals surface area contributed by atoms with E-state index in [0.717, 1.165) is 43.7 Å². The molecule has 1 fully saturated rings. The molecule has 0 unspecified atom stereocenters. The van der Waals surface area contributed by atoms with Crippen LogP contribution in [0.3, 0.4) is 0 Å². The summed E-state index contributed by atoms with van der Waals surface area (Å²) in [6.07, 6.45) is 7.77. The number of hydrogen-bond donors (Lipinski definition) is 1. The molecule has 9 heteroatoms. The van der Waals surface area contributed by atoms with Gasteiger partial charge in [0.15, 0.2) is 5.82 Å². The van der Waals surface area contributed by atoms with E-state index in [2.05, 4.69) is 25.5 Å².